The molecule has 0 saturated carbocycles. The normalized spacial score (nSPS) is 10.5. The highest BCUT2D eigenvalue weighted by molar-refractivity contribution is 7.99. The van der Waals surface area contributed by atoms with Gasteiger partial charge in [0.15, 0.2) is 10.8 Å². The van der Waals surface area contributed by atoms with Crippen molar-refractivity contribution >= 4 is 17.5 Å². The second-order valence-electron chi connectivity index (χ2n) is 5.68. The van der Waals surface area contributed by atoms with E-state index in [0.29, 0.717) is 16.3 Å². The quantitative estimate of drug-likeness (QED) is 0.493. The number of Topliss-reactive ketones (excluding diaryl/α,β-unsaturated/α-hetero) is 1. The maximum Gasteiger partial charge on any atom is 0.287 e. The van der Waals surface area contributed by atoms with Crippen molar-refractivity contribution in [1.82, 2.24) is 9.55 Å². The number of thioether (sulfide) groups is 1. The molecule has 2 aromatic carbocycles. The molecule has 3 aromatic rings. The van der Waals surface area contributed by atoms with Gasteiger partial charge in [0.1, 0.15) is 5.75 Å². The van der Waals surface area contributed by atoms with Gasteiger partial charge in [-0.05, 0) is 43.3 Å². The number of benzene rings is 2. The van der Waals surface area contributed by atoms with Crippen LogP contribution in [0.3, 0.4) is 0 Å². The molecule has 5 nitrogen and oxygen atoms in total. The lowest BCUT2D eigenvalue weighted by Gasteiger charge is -2.07. The Bertz CT molecular complexity index is 964. The van der Waals surface area contributed by atoms with Crippen molar-refractivity contribution in [3.63, 3.8) is 0 Å². The van der Waals surface area contributed by atoms with Crippen LogP contribution in [0.25, 0.3) is 5.69 Å². The molecule has 26 heavy (non-hydrogen) atoms. The van der Waals surface area contributed by atoms with Crippen LogP contribution in [0.5, 0.6) is 5.75 Å². The molecule has 3 rings (SSSR count). The molecule has 0 radical (unpaired) electrons. The highest BCUT2D eigenvalue weighted by Gasteiger charge is 2.11. The lowest BCUT2D eigenvalue weighted by molar-refractivity contribution is 0.102. The van der Waals surface area contributed by atoms with E-state index < -0.39 is 0 Å². The summed E-state index contributed by atoms with van der Waals surface area (Å²) in [5, 5.41) is 0.301. The average Bonchev–Trinajstić information content (AvgIpc) is 2.68. The summed E-state index contributed by atoms with van der Waals surface area (Å²) in [4.78, 5) is 29.1. The Morgan fingerprint density at radius 2 is 1.81 bits per heavy atom. The summed E-state index contributed by atoms with van der Waals surface area (Å²) in [7, 11) is 1.58. The number of ketones is 1. The first kappa shape index (κ1) is 17.9. The van der Waals surface area contributed by atoms with Gasteiger partial charge in [-0.25, -0.2) is 4.98 Å². The van der Waals surface area contributed by atoms with E-state index >= 15 is 0 Å². The minimum Gasteiger partial charge on any atom is -0.497 e. The number of rotatable bonds is 6. The van der Waals surface area contributed by atoms with E-state index in [4.69, 9.17) is 4.74 Å². The molecule has 132 valence electrons. The molecule has 1 heterocycles. The molecule has 0 aliphatic carbocycles. The van der Waals surface area contributed by atoms with Gasteiger partial charge in [-0.3, -0.25) is 14.2 Å². The molecule has 0 spiro atoms. The number of ether oxygens (including phenoxy) is 1. The van der Waals surface area contributed by atoms with Gasteiger partial charge >= 0.3 is 0 Å². The first-order valence-electron chi connectivity index (χ1n) is 8.03. The molecule has 0 aliphatic heterocycles. The van der Waals surface area contributed by atoms with Crippen molar-refractivity contribution in [2.24, 2.45) is 0 Å². The maximum atomic E-state index is 12.6. The smallest absolute Gasteiger partial charge is 0.287 e. The van der Waals surface area contributed by atoms with Crippen molar-refractivity contribution in [1.29, 1.82) is 0 Å². The number of carbonyl (C=O) groups excluding carboxylic acids is 1. The number of nitrogens with zero attached hydrogens (tertiary/aromatic N) is 2. The van der Waals surface area contributed by atoms with E-state index in [1.54, 1.807) is 43.8 Å². The van der Waals surface area contributed by atoms with Crippen LogP contribution in [0.15, 0.2) is 70.7 Å². The van der Waals surface area contributed by atoms with Crippen LogP contribution in [-0.4, -0.2) is 28.2 Å². The van der Waals surface area contributed by atoms with Crippen molar-refractivity contribution < 1.29 is 9.53 Å². The highest BCUT2D eigenvalue weighted by atomic mass is 32.2. The second kappa shape index (κ2) is 8.01. The summed E-state index contributed by atoms with van der Waals surface area (Å²) in [5.74, 6) is 0.774. The van der Waals surface area contributed by atoms with Gasteiger partial charge in [-0.2, -0.15) is 0 Å². The van der Waals surface area contributed by atoms with Crippen LogP contribution >= 0.6 is 11.8 Å². The second-order valence-corrected chi connectivity index (χ2v) is 6.65. The first-order valence-corrected chi connectivity index (χ1v) is 9.02. The lowest BCUT2D eigenvalue weighted by atomic mass is 10.1. The Labute approximate surface area is 155 Å². The average molecular weight is 366 g/mol. The fraction of sp³-hybridized carbons (Fsp3) is 0.150. The van der Waals surface area contributed by atoms with Crippen LogP contribution in [-0.2, 0) is 0 Å². The Kier molecular flexibility index (Phi) is 5.53. The maximum absolute atomic E-state index is 12.6. The predicted molar refractivity (Wildman–Crippen MR) is 103 cm³/mol. The van der Waals surface area contributed by atoms with Crippen molar-refractivity contribution in [2.75, 3.05) is 12.9 Å². The number of hydrogen-bond donors (Lipinski definition) is 0. The highest BCUT2D eigenvalue weighted by Crippen LogP contribution is 2.17. The zero-order valence-electron chi connectivity index (χ0n) is 14.5. The van der Waals surface area contributed by atoms with E-state index in [-0.39, 0.29) is 17.1 Å². The zero-order chi connectivity index (χ0) is 18.5. The molecule has 0 N–H and O–H groups in total. The van der Waals surface area contributed by atoms with E-state index in [2.05, 4.69) is 4.98 Å². The van der Waals surface area contributed by atoms with Crippen LogP contribution in [0.1, 0.15) is 15.9 Å². The molecule has 0 bridgehead atoms. The van der Waals surface area contributed by atoms with Gasteiger partial charge in [0.05, 0.1) is 12.9 Å². The van der Waals surface area contributed by atoms with Gasteiger partial charge in [-0.1, -0.05) is 29.5 Å². The first-order chi connectivity index (χ1) is 12.6. The van der Waals surface area contributed by atoms with Crippen LogP contribution in [0.4, 0.5) is 0 Å². The SMILES string of the molecule is COc1ccc(C(=O)CSc2nccn(-c3ccc(C)cc3)c2=O)cc1. The Morgan fingerprint density at radius 1 is 1.12 bits per heavy atom. The van der Waals surface area contributed by atoms with Crippen LogP contribution in [0.2, 0.25) is 0 Å². The van der Waals surface area contributed by atoms with Crippen molar-refractivity contribution in [3.05, 3.63) is 82.4 Å². The summed E-state index contributed by atoms with van der Waals surface area (Å²) in [5.41, 5.74) is 2.24. The van der Waals surface area contributed by atoms with E-state index in [1.165, 1.54) is 4.57 Å². The standard InChI is InChI=1S/C20H18N2O3S/c1-14-3-7-16(8-4-14)22-12-11-21-19(20(22)24)26-13-18(23)15-5-9-17(25-2)10-6-15/h3-12H,13H2,1-2H3. The van der Waals surface area contributed by atoms with Crippen molar-refractivity contribution in [2.45, 2.75) is 11.9 Å². The number of carbonyl (C=O) groups is 1. The fourth-order valence-electron chi connectivity index (χ4n) is 2.40. The zero-order valence-corrected chi connectivity index (χ0v) is 15.3. The number of hydrogen-bond acceptors (Lipinski definition) is 5. The molecular formula is C20H18N2O3S. The van der Waals surface area contributed by atoms with Crippen LogP contribution < -0.4 is 10.3 Å². The van der Waals surface area contributed by atoms with Crippen molar-refractivity contribution in [3.8, 4) is 11.4 Å². The molecule has 6 heteroatoms. The van der Waals surface area contributed by atoms with Crippen LogP contribution in [0, 0.1) is 6.92 Å². The largest absolute Gasteiger partial charge is 0.497 e. The van der Waals surface area contributed by atoms with E-state index in [9.17, 15) is 9.59 Å². The third-order valence-corrected chi connectivity index (χ3v) is 4.83. The third-order valence-electron chi connectivity index (χ3n) is 3.87. The van der Waals surface area contributed by atoms with E-state index in [1.807, 2.05) is 31.2 Å². The molecule has 0 fully saturated rings. The molecular weight excluding hydrogens is 348 g/mol. The van der Waals surface area contributed by atoms with E-state index in [0.717, 1.165) is 23.0 Å². The lowest BCUT2D eigenvalue weighted by Crippen LogP contribution is -2.21. The van der Waals surface area contributed by atoms with Gasteiger partial charge < -0.3 is 4.74 Å². The molecule has 0 amide bonds. The van der Waals surface area contributed by atoms with Gasteiger partial charge in [-0.15, -0.1) is 0 Å². The minimum atomic E-state index is -0.233. The summed E-state index contributed by atoms with van der Waals surface area (Å²) in [6, 6.07) is 14.6. The van der Waals surface area contributed by atoms with Gasteiger partial charge in [0.25, 0.3) is 5.56 Å². The monoisotopic (exact) mass is 366 g/mol. The number of methoxy groups -OCH3 is 1. The van der Waals surface area contributed by atoms with Gasteiger partial charge in [0.2, 0.25) is 0 Å². The summed E-state index contributed by atoms with van der Waals surface area (Å²) in [6.07, 6.45) is 3.20. The Morgan fingerprint density at radius 3 is 2.46 bits per heavy atom. The molecule has 0 saturated heterocycles. The molecule has 0 unspecified atom stereocenters. The Hall–Kier alpha value is -2.86. The number of aromatic nitrogens is 2. The summed E-state index contributed by atoms with van der Waals surface area (Å²) in [6.45, 7) is 1.99. The minimum absolute atomic E-state index is 0.0652. The predicted octanol–water partition coefficient (Wildman–Crippen LogP) is 3.52. The molecule has 0 atom stereocenters. The fourth-order valence-corrected chi connectivity index (χ4v) is 3.19. The summed E-state index contributed by atoms with van der Waals surface area (Å²) < 4.78 is 6.62. The number of aryl methyl sites for hydroxylation is 1. The molecule has 0 aliphatic rings. The topological polar surface area (TPSA) is 61.2 Å². The summed E-state index contributed by atoms with van der Waals surface area (Å²) >= 11 is 1.15. The van der Waals surface area contributed by atoms with Gasteiger partial charge in [0, 0.05) is 23.6 Å². The third kappa shape index (κ3) is 4.03. The Balaban J connectivity index is 1.75. The molecule has 1 aromatic heterocycles.